The van der Waals surface area contributed by atoms with Gasteiger partial charge in [-0.25, -0.2) is 4.98 Å². The molecule has 1 aromatic carbocycles. The van der Waals surface area contributed by atoms with E-state index in [-0.39, 0.29) is 6.61 Å². The van der Waals surface area contributed by atoms with Crippen LogP contribution >= 0.6 is 0 Å². The monoisotopic (exact) mass is 291 g/mol. The van der Waals surface area contributed by atoms with E-state index in [1.165, 1.54) is 0 Å². The third-order valence-corrected chi connectivity index (χ3v) is 3.37. The number of hydrogen-bond acceptors (Lipinski definition) is 4. The molecule has 2 N–H and O–H groups in total. The van der Waals surface area contributed by atoms with Gasteiger partial charge in [0.1, 0.15) is 11.6 Å². The number of nitrogens with zero attached hydrogens (tertiary/aromatic N) is 2. The molecule has 0 unspecified atom stereocenters. The first-order valence-corrected chi connectivity index (χ1v) is 7.73. The molecule has 0 aliphatic heterocycles. The van der Waals surface area contributed by atoms with E-state index in [1.807, 2.05) is 18.2 Å². The van der Waals surface area contributed by atoms with Gasteiger partial charge in [-0.15, -0.1) is 0 Å². The summed E-state index contributed by atoms with van der Waals surface area (Å²) >= 11 is 0. The quantitative estimate of drug-likeness (QED) is 0.694. The first kappa shape index (κ1) is 15.8. The van der Waals surface area contributed by atoms with Crippen molar-refractivity contribution in [2.75, 3.05) is 26.3 Å². The number of aliphatic hydroxyl groups is 1. The third kappa shape index (κ3) is 3.95. The van der Waals surface area contributed by atoms with Gasteiger partial charge in [0, 0.05) is 25.6 Å². The molecule has 0 radical (unpaired) electrons. The summed E-state index contributed by atoms with van der Waals surface area (Å²) in [5, 5.41) is 12.6. The molecular formula is C16H25N3O2. The number of ether oxygens (including phenoxy) is 1. The Bertz CT molecular complexity index is 566. The molecule has 0 amide bonds. The van der Waals surface area contributed by atoms with Gasteiger partial charge in [0.05, 0.1) is 24.2 Å². The minimum atomic E-state index is 0.119. The number of aliphatic hydroxyl groups excluding tert-OH is 1. The summed E-state index contributed by atoms with van der Waals surface area (Å²) < 4.78 is 7.75. The average Bonchev–Trinajstić information content (AvgIpc) is 2.83. The van der Waals surface area contributed by atoms with Crippen LogP contribution in [0.3, 0.4) is 0 Å². The van der Waals surface area contributed by atoms with Gasteiger partial charge in [-0.1, -0.05) is 13.8 Å². The lowest BCUT2D eigenvalue weighted by Crippen LogP contribution is -2.18. The molecule has 2 aromatic rings. The Hall–Kier alpha value is -1.59. The number of rotatable bonds is 9. The molecule has 0 fully saturated rings. The minimum Gasteiger partial charge on any atom is -0.494 e. The zero-order valence-electron chi connectivity index (χ0n) is 12.9. The van der Waals surface area contributed by atoms with Crippen LogP contribution in [0.1, 0.15) is 26.1 Å². The van der Waals surface area contributed by atoms with Crippen LogP contribution in [0.15, 0.2) is 18.2 Å². The Kier molecular flexibility index (Phi) is 6.02. The second-order valence-corrected chi connectivity index (χ2v) is 5.01. The Morgan fingerprint density at radius 2 is 2.19 bits per heavy atom. The maximum Gasteiger partial charge on any atom is 0.121 e. The van der Waals surface area contributed by atoms with E-state index in [4.69, 9.17) is 9.72 Å². The Morgan fingerprint density at radius 1 is 1.33 bits per heavy atom. The molecule has 1 heterocycles. The lowest BCUT2D eigenvalue weighted by Gasteiger charge is -2.08. The zero-order chi connectivity index (χ0) is 15.1. The van der Waals surface area contributed by atoms with Crippen LogP contribution < -0.4 is 10.1 Å². The molecule has 0 aliphatic rings. The van der Waals surface area contributed by atoms with Crippen molar-refractivity contribution in [1.82, 2.24) is 14.9 Å². The molecular weight excluding hydrogens is 266 g/mol. The maximum absolute atomic E-state index is 9.28. The summed E-state index contributed by atoms with van der Waals surface area (Å²) in [6.45, 7) is 7.44. The fourth-order valence-corrected chi connectivity index (χ4v) is 2.39. The van der Waals surface area contributed by atoms with Crippen molar-refractivity contribution < 1.29 is 9.84 Å². The normalized spacial score (nSPS) is 11.2. The van der Waals surface area contributed by atoms with Crippen LogP contribution in [0.5, 0.6) is 5.75 Å². The van der Waals surface area contributed by atoms with Crippen molar-refractivity contribution in [2.45, 2.75) is 33.2 Å². The molecule has 0 aliphatic carbocycles. The lowest BCUT2D eigenvalue weighted by atomic mass is 10.3. The van der Waals surface area contributed by atoms with Crippen molar-refractivity contribution >= 4 is 11.0 Å². The molecule has 2 rings (SSSR count). The van der Waals surface area contributed by atoms with Gasteiger partial charge >= 0.3 is 0 Å². The van der Waals surface area contributed by atoms with Gasteiger partial charge in [0.15, 0.2) is 0 Å². The summed E-state index contributed by atoms with van der Waals surface area (Å²) in [6, 6.07) is 5.98. The number of benzene rings is 1. The van der Waals surface area contributed by atoms with E-state index < -0.39 is 0 Å². The van der Waals surface area contributed by atoms with E-state index in [0.29, 0.717) is 6.54 Å². The van der Waals surface area contributed by atoms with E-state index in [9.17, 15) is 5.11 Å². The van der Waals surface area contributed by atoms with Crippen LogP contribution in [-0.2, 0) is 13.0 Å². The SMILES string of the molecule is CCCOc1ccc2c(c1)nc(CCNCC)n2CCO. The number of imidazole rings is 1. The second-order valence-electron chi connectivity index (χ2n) is 5.01. The number of nitrogens with one attached hydrogen (secondary N) is 1. The van der Waals surface area contributed by atoms with E-state index in [0.717, 1.165) is 55.1 Å². The highest BCUT2D eigenvalue weighted by atomic mass is 16.5. The highest BCUT2D eigenvalue weighted by Crippen LogP contribution is 2.22. The topological polar surface area (TPSA) is 59.3 Å². The largest absolute Gasteiger partial charge is 0.494 e. The number of hydrogen-bond donors (Lipinski definition) is 2. The fourth-order valence-electron chi connectivity index (χ4n) is 2.39. The maximum atomic E-state index is 9.28. The molecule has 0 spiro atoms. The van der Waals surface area contributed by atoms with Gasteiger partial charge in [-0.05, 0) is 25.1 Å². The first-order valence-electron chi connectivity index (χ1n) is 7.73. The molecule has 0 atom stereocenters. The van der Waals surface area contributed by atoms with Crippen molar-refractivity contribution in [3.05, 3.63) is 24.0 Å². The van der Waals surface area contributed by atoms with Gasteiger partial charge in [-0.2, -0.15) is 0 Å². The van der Waals surface area contributed by atoms with Crippen molar-refractivity contribution in [3.8, 4) is 5.75 Å². The van der Waals surface area contributed by atoms with E-state index in [1.54, 1.807) is 0 Å². The fraction of sp³-hybridized carbons (Fsp3) is 0.562. The van der Waals surface area contributed by atoms with Crippen LogP contribution in [0.2, 0.25) is 0 Å². The van der Waals surface area contributed by atoms with Gasteiger partial charge in [0.2, 0.25) is 0 Å². The minimum absolute atomic E-state index is 0.119. The summed E-state index contributed by atoms with van der Waals surface area (Å²) in [6.07, 6.45) is 1.85. The Labute approximate surface area is 125 Å². The smallest absolute Gasteiger partial charge is 0.121 e. The highest BCUT2D eigenvalue weighted by molar-refractivity contribution is 5.77. The summed E-state index contributed by atoms with van der Waals surface area (Å²) in [7, 11) is 0. The van der Waals surface area contributed by atoms with Crippen LogP contribution in [0.25, 0.3) is 11.0 Å². The van der Waals surface area contributed by atoms with Gasteiger partial charge in [-0.3, -0.25) is 0 Å². The van der Waals surface area contributed by atoms with Gasteiger partial charge < -0.3 is 19.7 Å². The molecule has 116 valence electrons. The summed E-state index contributed by atoms with van der Waals surface area (Å²) in [5.41, 5.74) is 1.99. The number of aromatic nitrogens is 2. The first-order chi connectivity index (χ1) is 10.3. The Balaban J connectivity index is 2.26. The lowest BCUT2D eigenvalue weighted by molar-refractivity contribution is 0.276. The summed E-state index contributed by atoms with van der Waals surface area (Å²) in [4.78, 5) is 4.70. The predicted octanol–water partition coefficient (Wildman–Crippen LogP) is 1.97. The predicted molar refractivity (Wildman–Crippen MR) is 84.9 cm³/mol. The standard InChI is InChI=1S/C16H25N3O2/c1-3-11-21-13-5-6-15-14(12-13)18-16(7-8-17-4-2)19(15)9-10-20/h5-6,12,17,20H,3-4,7-11H2,1-2H3. The molecule has 1 aromatic heterocycles. The van der Waals surface area contributed by atoms with E-state index in [2.05, 4.69) is 23.7 Å². The number of likely N-dealkylation sites (N-methyl/N-ethyl adjacent to an activating group) is 1. The van der Waals surface area contributed by atoms with Crippen molar-refractivity contribution in [1.29, 1.82) is 0 Å². The van der Waals surface area contributed by atoms with Crippen molar-refractivity contribution in [2.24, 2.45) is 0 Å². The van der Waals surface area contributed by atoms with Crippen LogP contribution in [-0.4, -0.2) is 41.0 Å². The molecule has 0 saturated carbocycles. The molecule has 21 heavy (non-hydrogen) atoms. The third-order valence-electron chi connectivity index (χ3n) is 3.37. The molecule has 5 nitrogen and oxygen atoms in total. The highest BCUT2D eigenvalue weighted by Gasteiger charge is 2.11. The number of fused-ring (bicyclic) bond motifs is 1. The molecule has 0 saturated heterocycles. The van der Waals surface area contributed by atoms with Crippen molar-refractivity contribution in [3.63, 3.8) is 0 Å². The zero-order valence-corrected chi connectivity index (χ0v) is 12.9. The molecule has 0 bridgehead atoms. The van der Waals surface area contributed by atoms with Crippen LogP contribution in [0, 0.1) is 0 Å². The molecule has 5 heteroatoms. The van der Waals surface area contributed by atoms with Gasteiger partial charge in [0.25, 0.3) is 0 Å². The van der Waals surface area contributed by atoms with Crippen LogP contribution in [0.4, 0.5) is 0 Å². The average molecular weight is 291 g/mol. The second kappa shape index (κ2) is 8.00. The summed E-state index contributed by atoms with van der Waals surface area (Å²) in [5.74, 6) is 1.86. The Morgan fingerprint density at radius 3 is 2.90 bits per heavy atom. The van der Waals surface area contributed by atoms with E-state index >= 15 is 0 Å².